The summed E-state index contributed by atoms with van der Waals surface area (Å²) in [5.74, 6) is -1.05. The molecule has 0 saturated carbocycles. The van der Waals surface area contributed by atoms with Crippen LogP contribution in [0.3, 0.4) is 0 Å². The molecule has 0 spiro atoms. The van der Waals surface area contributed by atoms with E-state index in [1.165, 1.54) is 22.6 Å². The summed E-state index contributed by atoms with van der Waals surface area (Å²) in [5, 5.41) is 19.8. The number of benzene rings is 1. The number of amides is 1. The highest BCUT2D eigenvalue weighted by Crippen LogP contribution is 2.21. The molecule has 0 aliphatic carbocycles. The second-order valence-corrected chi connectivity index (χ2v) is 6.65. The van der Waals surface area contributed by atoms with Gasteiger partial charge in [-0.3, -0.25) is 14.2 Å². The van der Waals surface area contributed by atoms with Crippen LogP contribution in [0.1, 0.15) is 21.5 Å². The van der Waals surface area contributed by atoms with Crippen LogP contribution in [0, 0.1) is 6.92 Å². The predicted molar refractivity (Wildman–Crippen MR) is 98.0 cm³/mol. The molecule has 1 aromatic carbocycles. The Morgan fingerprint density at radius 2 is 2.08 bits per heavy atom. The van der Waals surface area contributed by atoms with Gasteiger partial charge in [0.05, 0.1) is 22.8 Å². The van der Waals surface area contributed by atoms with E-state index >= 15 is 0 Å². The van der Waals surface area contributed by atoms with Gasteiger partial charge in [0, 0.05) is 12.4 Å². The molecule has 0 aliphatic heterocycles. The third-order valence-corrected chi connectivity index (χ3v) is 4.17. The van der Waals surface area contributed by atoms with Gasteiger partial charge in [-0.1, -0.05) is 29.8 Å². The summed E-state index contributed by atoms with van der Waals surface area (Å²) < 4.78 is 3.65. The van der Waals surface area contributed by atoms with Crippen LogP contribution in [0.4, 0.5) is 5.82 Å². The summed E-state index contributed by atoms with van der Waals surface area (Å²) in [6.45, 7) is 2.50. The van der Waals surface area contributed by atoms with Crippen molar-refractivity contribution in [1.82, 2.24) is 19.6 Å². The van der Waals surface area contributed by atoms with Gasteiger partial charge >= 0.3 is 5.97 Å². The lowest BCUT2D eigenvalue weighted by molar-refractivity contribution is -0.116. The molecule has 0 radical (unpaired) electrons. The summed E-state index contributed by atoms with van der Waals surface area (Å²) >= 11 is 3.38. The van der Waals surface area contributed by atoms with Crippen molar-refractivity contribution < 1.29 is 14.7 Å². The number of halogens is 1. The minimum absolute atomic E-state index is 0.0291. The number of carbonyl (C=O) groups excluding carboxylic acids is 1. The summed E-state index contributed by atoms with van der Waals surface area (Å²) in [4.78, 5) is 23.0. The van der Waals surface area contributed by atoms with Crippen molar-refractivity contribution in [2.75, 3.05) is 5.32 Å². The third-order valence-electron chi connectivity index (χ3n) is 3.59. The lowest BCUT2D eigenvalue weighted by atomic mass is 10.1. The highest BCUT2D eigenvalue weighted by molar-refractivity contribution is 9.10. The van der Waals surface area contributed by atoms with E-state index in [0.29, 0.717) is 16.8 Å². The van der Waals surface area contributed by atoms with E-state index in [-0.39, 0.29) is 18.0 Å². The van der Waals surface area contributed by atoms with Crippen LogP contribution in [0.25, 0.3) is 0 Å². The maximum atomic E-state index is 12.1. The number of nitrogens with zero attached hydrogens (tertiary/aromatic N) is 4. The van der Waals surface area contributed by atoms with E-state index in [9.17, 15) is 9.59 Å². The molecule has 2 heterocycles. The Labute approximate surface area is 157 Å². The standard InChI is InChI=1S/C17H16BrN5O3/c1-11-3-2-4-12(5-11)7-23-9-14(18)16(21-23)20-15(24)10-22-8-13(6-19-22)17(25)26/h2-6,8-9H,7,10H2,1H3,(H,25,26)(H,20,21,24). The topological polar surface area (TPSA) is 102 Å². The van der Waals surface area contributed by atoms with Crippen molar-refractivity contribution in [3.63, 3.8) is 0 Å². The first-order valence-corrected chi connectivity index (χ1v) is 8.54. The number of aromatic nitrogens is 4. The molecule has 3 rings (SSSR count). The van der Waals surface area contributed by atoms with Crippen LogP contribution in [0.5, 0.6) is 0 Å². The van der Waals surface area contributed by atoms with Gasteiger partial charge in [0.25, 0.3) is 0 Å². The first kappa shape index (κ1) is 17.9. The van der Waals surface area contributed by atoms with Crippen molar-refractivity contribution in [1.29, 1.82) is 0 Å². The molecule has 2 N–H and O–H groups in total. The zero-order chi connectivity index (χ0) is 18.7. The van der Waals surface area contributed by atoms with E-state index in [0.717, 1.165) is 5.56 Å². The van der Waals surface area contributed by atoms with Gasteiger partial charge in [-0.2, -0.15) is 10.2 Å². The van der Waals surface area contributed by atoms with Gasteiger partial charge in [0.2, 0.25) is 5.91 Å². The molecular formula is C17H16BrN5O3. The second kappa shape index (κ2) is 7.52. The summed E-state index contributed by atoms with van der Waals surface area (Å²) in [6, 6.07) is 8.10. The van der Waals surface area contributed by atoms with Crippen molar-refractivity contribution in [3.05, 3.63) is 64.0 Å². The first-order chi connectivity index (χ1) is 12.4. The fourth-order valence-electron chi connectivity index (χ4n) is 2.44. The molecule has 8 nitrogen and oxygen atoms in total. The van der Waals surface area contributed by atoms with Crippen LogP contribution < -0.4 is 5.32 Å². The van der Waals surface area contributed by atoms with Crippen molar-refractivity contribution in [2.45, 2.75) is 20.0 Å². The summed E-state index contributed by atoms with van der Waals surface area (Å²) in [5.41, 5.74) is 2.30. The Hall–Kier alpha value is -2.94. The Kier molecular flexibility index (Phi) is 5.17. The zero-order valence-corrected chi connectivity index (χ0v) is 15.5. The van der Waals surface area contributed by atoms with Crippen molar-refractivity contribution in [2.24, 2.45) is 0 Å². The van der Waals surface area contributed by atoms with Crippen molar-refractivity contribution >= 4 is 33.6 Å². The maximum absolute atomic E-state index is 12.1. The van der Waals surface area contributed by atoms with Gasteiger partial charge in [-0.25, -0.2) is 4.79 Å². The fourth-order valence-corrected chi connectivity index (χ4v) is 2.85. The number of aromatic carboxylic acids is 1. The lowest BCUT2D eigenvalue weighted by Gasteiger charge is -2.04. The Morgan fingerprint density at radius 3 is 2.77 bits per heavy atom. The summed E-state index contributed by atoms with van der Waals surface area (Å²) in [7, 11) is 0. The summed E-state index contributed by atoms with van der Waals surface area (Å²) in [6.07, 6.45) is 4.28. The molecule has 0 saturated heterocycles. The highest BCUT2D eigenvalue weighted by Gasteiger charge is 2.13. The van der Waals surface area contributed by atoms with Gasteiger partial charge in [0.1, 0.15) is 6.54 Å². The van der Waals surface area contributed by atoms with Gasteiger partial charge in [-0.05, 0) is 28.4 Å². The molecule has 134 valence electrons. The smallest absolute Gasteiger partial charge is 0.338 e. The van der Waals surface area contributed by atoms with Crippen LogP contribution in [0.15, 0.2) is 47.3 Å². The van der Waals surface area contributed by atoms with E-state index in [1.54, 1.807) is 10.9 Å². The Morgan fingerprint density at radius 1 is 1.27 bits per heavy atom. The molecule has 0 atom stereocenters. The molecule has 0 aliphatic rings. The number of rotatable bonds is 6. The number of nitrogens with one attached hydrogen (secondary N) is 1. The number of aryl methyl sites for hydroxylation is 1. The van der Waals surface area contributed by atoms with Crippen LogP contribution in [-0.2, 0) is 17.9 Å². The number of carboxylic acid groups (broad SMARTS) is 1. The molecule has 1 amide bonds. The van der Waals surface area contributed by atoms with E-state index in [2.05, 4.69) is 37.5 Å². The second-order valence-electron chi connectivity index (χ2n) is 5.79. The quantitative estimate of drug-likeness (QED) is 0.641. The Bertz CT molecular complexity index is 963. The van der Waals surface area contributed by atoms with Crippen LogP contribution in [0.2, 0.25) is 0 Å². The first-order valence-electron chi connectivity index (χ1n) is 7.75. The monoisotopic (exact) mass is 417 g/mol. The Balaban J connectivity index is 1.65. The van der Waals surface area contributed by atoms with E-state index in [1.807, 2.05) is 25.1 Å². The van der Waals surface area contributed by atoms with E-state index in [4.69, 9.17) is 5.11 Å². The molecule has 26 heavy (non-hydrogen) atoms. The third kappa shape index (κ3) is 4.37. The maximum Gasteiger partial charge on any atom is 0.338 e. The van der Waals surface area contributed by atoms with Crippen LogP contribution >= 0.6 is 15.9 Å². The molecule has 0 fully saturated rings. The molecule has 3 aromatic rings. The SMILES string of the molecule is Cc1cccc(Cn2cc(Br)c(NC(=O)Cn3cc(C(=O)O)cn3)n2)c1. The minimum atomic E-state index is -1.09. The predicted octanol–water partition coefficient (Wildman–Crippen LogP) is 2.54. The fraction of sp³-hybridized carbons (Fsp3) is 0.176. The number of hydrogen-bond acceptors (Lipinski definition) is 4. The number of carboxylic acids is 1. The largest absolute Gasteiger partial charge is 0.478 e. The minimum Gasteiger partial charge on any atom is -0.478 e. The van der Waals surface area contributed by atoms with Crippen LogP contribution in [-0.4, -0.2) is 36.5 Å². The van der Waals surface area contributed by atoms with Crippen molar-refractivity contribution in [3.8, 4) is 0 Å². The number of hydrogen-bond donors (Lipinski definition) is 2. The molecule has 9 heteroatoms. The molecule has 2 aromatic heterocycles. The average Bonchev–Trinajstić information content (AvgIpc) is 3.15. The van der Waals surface area contributed by atoms with Gasteiger partial charge < -0.3 is 10.4 Å². The zero-order valence-electron chi connectivity index (χ0n) is 13.9. The van der Waals surface area contributed by atoms with Gasteiger partial charge in [-0.15, -0.1) is 0 Å². The normalized spacial score (nSPS) is 10.7. The lowest BCUT2D eigenvalue weighted by Crippen LogP contribution is -2.19. The average molecular weight is 418 g/mol. The molecule has 0 bridgehead atoms. The highest BCUT2D eigenvalue weighted by atomic mass is 79.9. The number of carbonyl (C=O) groups is 2. The molecule has 0 unspecified atom stereocenters. The van der Waals surface area contributed by atoms with E-state index < -0.39 is 5.97 Å². The molecular weight excluding hydrogens is 402 g/mol. The number of anilines is 1. The van der Waals surface area contributed by atoms with Gasteiger partial charge in [0.15, 0.2) is 5.82 Å².